The van der Waals surface area contributed by atoms with E-state index in [1.165, 1.54) is 11.1 Å². The molecule has 1 aromatic heterocycles. The number of fused-ring (bicyclic) bond motifs is 1. The largest absolute Gasteiger partial charge is 0.352 e. The van der Waals surface area contributed by atoms with Gasteiger partial charge in [-0.25, -0.2) is 4.98 Å². The lowest BCUT2D eigenvalue weighted by molar-refractivity contribution is -0.139. The number of nitrogens with zero attached hydrogens (tertiary/aromatic N) is 2. The Morgan fingerprint density at radius 3 is 2.64 bits per heavy atom. The standard InChI is InChI=1S/C22H26N4O2/c27-21(22(28)25-19-9-3-4-10-19)24-14-17-8-5-12-23-20(17)26-13-11-16-6-1-2-7-18(16)15-26/h1-2,5-8,12,19H,3-4,9-11,13-15H2,(H,24,27)(H,25,28). The molecule has 1 aliphatic carbocycles. The van der Waals surface area contributed by atoms with Gasteiger partial charge < -0.3 is 15.5 Å². The molecule has 0 radical (unpaired) electrons. The van der Waals surface area contributed by atoms with Crippen LogP contribution in [0.15, 0.2) is 42.6 Å². The topological polar surface area (TPSA) is 74.3 Å². The van der Waals surface area contributed by atoms with Gasteiger partial charge in [-0.1, -0.05) is 43.2 Å². The van der Waals surface area contributed by atoms with Crippen LogP contribution in [0.25, 0.3) is 0 Å². The van der Waals surface area contributed by atoms with Crippen LogP contribution in [0.3, 0.4) is 0 Å². The van der Waals surface area contributed by atoms with Gasteiger partial charge in [0.15, 0.2) is 0 Å². The minimum absolute atomic E-state index is 0.139. The van der Waals surface area contributed by atoms with E-state index in [4.69, 9.17) is 0 Å². The van der Waals surface area contributed by atoms with Gasteiger partial charge in [-0.05, 0) is 36.5 Å². The van der Waals surface area contributed by atoms with Crippen LogP contribution >= 0.6 is 0 Å². The van der Waals surface area contributed by atoms with Crippen molar-refractivity contribution < 1.29 is 9.59 Å². The van der Waals surface area contributed by atoms with E-state index in [1.807, 2.05) is 12.1 Å². The maximum absolute atomic E-state index is 12.2. The molecule has 2 aromatic rings. The van der Waals surface area contributed by atoms with E-state index in [2.05, 4.69) is 44.8 Å². The first kappa shape index (κ1) is 18.5. The van der Waals surface area contributed by atoms with Gasteiger partial charge in [-0.2, -0.15) is 0 Å². The van der Waals surface area contributed by atoms with Crippen LogP contribution in [0.1, 0.15) is 42.4 Å². The number of pyridine rings is 1. The van der Waals surface area contributed by atoms with Crippen LogP contribution in [-0.2, 0) is 29.1 Å². The fraction of sp³-hybridized carbons (Fsp3) is 0.409. The van der Waals surface area contributed by atoms with E-state index in [-0.39, 0.29) is 12.6 Å². The van der Waals surface area contributed by atoms with Crippen LogP contribution in [0.2, 0.25) is 0 Å². The second-order valence-corrected chi connectivity index (χ2v) is 7.56. The Morgan fingerprint density at radius 1 is 1.04 bits per heavy atom. The lowest BCUT2D eigenvalue weighted by Gasteiger charge is -2.31. The number of rotatable bonds is 4. The lowest BCUT2D eigenvalue weighted by Crippen LogP contribution is -2.43. The normalized spacial score (nSPS) is 16.5. The van der Waals surface area contributed by atoms with Gasteiger partial charge in [0.05, 0.1) is 0 Å². The third kappa shape index (κ3) is 4.16. The van der Waals surface area contributed by atoms with Crippen LogP contribution in [0.5, 0.6) is 0 Å². The molecule has 146 valence electrons. The van der Waals surface area contributed by atoms with Gasteiger partial charge in [-0.15, -0.1) is 0 Å². The molecule has 6 nitrogen and oxygen atoms in total. The van der Waals surface area contributed by atoms with Crippen molar-refractivity contribution in [3.05, 3.63) is 59.3 Å². The molecule has 6 heteroatoms. The van der Waals surface area contributed by atoms with Crippen LogP contribution in [0.4, 0.5) is 5.82 Å². The van der Waals surface area contributed by atoms with E-state index < -0.39 is 11.8 Å². The molecule has 1 fully saturated rings. The number of hydrogen-bond acceptors (Lipinski definition) is 4. The van der Waals surface area contributed by atoms with Crippen LogP contribution < -0.4 is 15.5 Å². The minimum Gasteiger partial charge on any atom is -0.352 e. The van der Waals surface area contributed by atoms with Crippen molar-refractivity contribution in [1.82, 2.24) is 15.6 Å². The zero-order valence-corrected chi connectivity index (χ0v) is 16.0. The van der Waals surface area contributed by atoms with E-state index in [9.17, 15) is 9.59 Å². The predicted molar refractivity (Wildman–Crippen MR) is 108 cm³/mol. The summed E-state index contributed by atoms with van der Waals surface area (Å²) in [6.45, 7) is 1.98. The Morgan fingerprint density at radius 2 is 1.82 bits per heavy atom. The molecular weight excluding hydrogens is 352 g/mol. The molecule has 0 saturated heterocycles. The van der Waals surface area contributed by atoms with Crippen molar-refractivity contribution in [3.63, 3.8) is 0 Å². The molecule has 0 spiro atoms. The Balaban J connectivity index is 1.39. The summed E-state index contributed by atoms with van der Waals surface area (Å²) in [5, 5.41) is 5.58. The Labute approximate surface area is 165 Å². The molecule has 28 heavy (non-hydrogen) atoms. The molecule has 0 atom stereocenters. The SMILES string of the molecule is O=C(NCc1cccnc1N1CCc2ccccc2C1)C(=O)NC1CCCC1. The molecule has 2 amide bonds. The Kier molecular flexibility index (Phi) is 5.55. The summed E-state index contributed by atoms with van der Waals surface area (Å²) in [5.74, 6) is -0.247. The van der Waals surface area contributed by atoms with E-state index in [0.717, 1.165) is 56.6 Å². The second-order valence-electron chi connectivity index (χ2n) is 7.56. The van der Waals surface area contributed by atoms with Gasteiger partial charge >= 0.3 is 11.8 Å². The lowest BCUT2D eigenvalue weighted by atomic mass is 9.99. The van der Waals surface area contributed by atoms with E-state index in [0.29, 0.717) is 0 Å². The van der Waals surface area contributed by atoms with Crippen LogP contribution in [0, 0.1) is 0 Å². The van der Waals surface area contributed by atoms with Crippen molar-refractivity contribution in [2.24, 2.45) is 0 Å². The monoisotopic (exact) mass is 378 g/mol. The number of benzene rings is 1. The Bertz CT molecular complexity index is 861. The summed E-state index contributed by atoms with van der Waals surface area (Å²) in [4.78, 5) is 31.1. The molecule has 1 saturated carbocycles. The highest BCUT2D eigenvalue weighted by Crippen LogP contribution is 2.25. The second kappa shape index (κ2) is 8.42. The van der Waals surface area contributed by atoms with Crippen molar-refractivity contribution in [1.29, 1.82) is 0 Å². The fourth-order valence-corrected chi connectivity index (χ4v) is 4.11. The highest BCUT2D eigenvalue weighted by atomic mass is 16.2. The summed E-state index contributed by atoms with van der Waals surface area (Å²) < 4.78 is 0. The van der Waals surface area contributed by atoms with Crippen molar-refractivity contribution in [2.45, 2.75) is 51.2 Å². The summed E-state index contributed by atoms with van der Waals surface area (Å²) in [7, 11) is 0. The molecule has 0 bridgehead atoms. The maximum Gasteiger partial charge on any atom is 0.309 e. The summed E-state index contributed by atoms with van der Waals surface area (Å²) >= 11 is 0. The quantitative estimate of drug-likeness (QED) is 0.801. The predicted octanol–water partition coefficient (Wildman–Crippen LogP) is 2.32. The zero-order chi connectivity index (χ0) is 19.3. The molecule has 0 unspecified atom stereocenters. The Hall–Kier alpha value is -2.89. The molecular formula is C22H26N4O2. The van der Waals surface area contributed by atoms with Gasteiger partial charge in [0, 0.05) is 37.4 Å². The summed E-state index contributed by atoms with van der Waals surface area (Å²) in [6, 6.07) is 12.4. The molecule has 1 aliphatic heterocycles. The van der Waals surface area contributed by atoms with Crippen LogP contribution in [-0.4, -0.2) is 29.4 Å². The van der Waals surface area contributed by atoms with Gasteiger partial charge in [-0.3, -0.25) is 9.59 Å². The van der Waals surface area contributed by atoms with Gasteiger partial charge in [0.25, 0.3) is 0 Å². The highest BCUT2D eigenvalue weighted by Gasteiger charge is 2.23. The third-order valence-electron chi connectivity index (χ3n) is 5.63. The van der Waals surface area contributed by atoms with E-state index >= 15 is 0 Å². The number of carbonyl (C=O) groups is 2. The highest BCUT2D eigenvalue weighted by molar-refractivity contribution is 6.35. The number of carbonyl (C=O) groups excluding carboxylic acids is 2. The van der Waals surface area contributed by atoms with Crippen molar-refractivity contribution >= 4 is 17.6 Å². The first-order valence-corrected chi connectivity index (χ1v) is 10.0. The number of anilines is 1. The van der Waals surface area contributed by atoms with Gasteiger partial charge in [0.1, 0.15) is 5.82 Å². The number of aromatic nitrogens is 1. The number of amides is 2. The third-order valence-corrected chi connectivity index (χ3v) is 5.63. The summed E-state index contributed by atoms with van der Waals surface area (Å²) in [5.41, 5.74) is 3.61. The summed E-state index contributed by atoms with van der Waals surface area (Å²) in [6.07, 6.45) is 6.90. The first-order valence-electron chi connectivity index (χ1n) is 10.0. The zero-order valence-electron chi connectivity index (χ0n) is 16.0. The molecule has 2 aliphatic rings. The smallest absolute Gasteiger partial charge is 0.309 e. The number of nitrogens with one attached hydrogen (secondary N) is 2. The minimum atomic E-state index is -0.578. The van der Waals surface area contributed by atoms with Crippen molar-refractivity contribution in [3.8, 4) is 0 Å². The number of hydrogen-bond donors (Lipinski definition) is 2. The molecule has 2 N–H and O–H groups in total. The fourth-order valence-electron chi connectivity index (χ4n) is 4.11. The molecule has 1 aromatic carbocycles. The molecule has 2 heterocycles. The molecule has 4 rings (SSSR count). The van der Waals surface area contributed by atoms with E-state index in [1.54, 1.807) is 6.20 Å². The first-order chi connectivity index (χ1) is 13.7. The average Bonchev–Trinajstić information content (AvgIpc) is 3.25. The average molecular weight is 378 g/mol. The maximum atomic E-state index is 12.2. The van der Waals surface area contributed by atoms with Gasteiger partial charge in [0.2, 0.25) is 0 Å². The van der Waals surface area contributed by atoms with Crippen molar-refractivity contribution in [2.75, 3.05) is 11.4 Å².